The largest absolute Gasteiger partial charge is 0.346 e. The lowest BCUT2D eigenvalue weighted by Gasteiger charge is -1.93. The smallest absolute Gasteiger partial charge is 0.154 e. The zero-order valence-corrected chi connectivity index (χ0v) is 6.04. The van der Waals surface area contributed by atoms with Crippen LogP contribution in [0.2, 0.25) is 0 Å². The van der Waals surface area contributed by atoms with Crippen LogP contribution in [-0.4, -0.2) is 16.3 Å². The van der Waals surface area contributed by atoms with Gasteiger partial charge in [0.25, 0.3) is 0 Å². The highest BCUT2D eigenvalue weighted by Crippen LogP contribution is 2.15. The van der Waals surface area contributed by atoms with Gasteiger partial charge < -0.3 is 4.98 Å². The highest BCUT2D eigenvalue weighted by Gasteiger charge is 2.07. The van der Waals surface area contributed by atoms with E-state index in [0.717, 1.165) is 0 Å². The van der Waals surface area contributed by atoms with Gasteiger partial charge in [-0.15, -0.1) is 0 Å². The molecule has 0 amide bonds. The van der Waals surface area contributed by atoms with Crippen molar-refractivity contribution < 1.29 is 9.18 Å². The average molecular weight is 164 g/mol. The summed E-state index contributed by atoms with van der Waals surface area (Å²) >= 11 is 0. The second-order valence-electron chi connectivity index (χ2n) is 2.39. The lowest BCUT2D eigenvalue weighted by Crippen LogP contribution is -1.90. The van der Waals surface area contributed by atoms with E-state index in [4.69, 9.17) is 0 Å². The molecule has 0 spiro atoms. The zero-order chi connectivity index (χ0) is 8.55. The molecule has 1 N–H and O–H groups in total. The van der Waals surface area contributed by atoms with E-state index < -0.39 is 5.82 Å². The number of fused-ring (bicyclic) bond motifs is 1. The summed E-state index contributed by atoms with van der Waals surface area (Å²) in [4.78, 5) is 16.9. The molecule has 0 bridgehead atoms. The third kappa shape index (κ3) is 0.812. The van der Waals surface area contributed by atoms with Crippen molar-refractivity contribution in [2.24, 2.45) is 0 Å². The first kappa shape index (κ1) is 6.97. The molecule has 4 heteroatoms. The Balaban J connectivity index is 2.86. The number of hydrogen-bond donors (Lipinski definition) is 1. The van der Waals surface area contributed by atoms with Crippen molar-refractivity contribution in [3.05, 3.63) is 29.8 Å². The Kier molecular flexibility index (Phi) is 1.40. The van der Waals surface area contributed by atoms with E-state index >= 15 is 0 Å². The molecule has 0 atom stereocenters. The van der Waals surface area contributed by atoms with Crippen LogP contribution in [0.3, 0.4) is 0 Å². The minimum atomic E-state index is -0.517. The van der Waals surface area contributed by atoms with Gasteiger partial charge in [-0.3, -0.25) is 4.79 Å². The Morgan fingerprint density at radius 1 is 1.58 bits per heavy atom. The van der Waals surface area contributed by atoms with Crippen LogP contribution in [0.5, 0.6) is 0 Å². The normalized spacial score (nSPS) is 10.4. The minimum Gasteiger partial charge on any atom is -0.346 e. The van der Waals surface area contributed by atoms with Gasteiger partial charge in [0.1, 0.15) is 11.5 Å². The molecule has 60 valence electrons. The molecule has 0 aliphatic rings. The number of rotatable bonds is 1. The number of H-pyrrole nitrogens is 1. The molecule has 0 unspecified atom stereocenters. The number of carbonyl (C=O) groups excluding carboxylic acids is 1. The molecule has 0 radical (unpaired) electrons. The van der Waals surface area contributed by atoms with Gasteiger partial charge in [0.15, 0.2) is 6.29 Å². The Morgan fingerprint density at radius 2 is 2.42 bits per heavy atom. The maximum atomic E-state index is 13.2. The fourth-order valence-corrected chi connectivity index (χ4v) is 1.07. The monoisotopic (exact) mass is 164 g/mol. The molecule has 12 heavy (non-hydrogen) atoms. The lowest BCUT2D eigenvalue weighted by molar-refractivity contribution is 0.112. The minimum absolute atomic E-state index is 0.0119. The first-order valence-electron chi connectivity index (χ1n) is 3.39. The maximum absolute atomic E-state index is 13.2. The summed E-state index contributed by atoms with van der Waals surface area (Å²) in [6.07, 6.45) is 3.24. The Labute approximate surface area is 67.2 Å². The van der Waals surface area contributed by atoms with E-state index in [1.54, 1.807) is 12.3 Å². The van der Waals surface area contributed by atoms with Crippen molar-refractivity contribution in [1.29, 1.82) is 0 Å². The number of halogens is 1. The second kappa shape index (κ2) is 2.41. The summed E-state index contributed by atoms with van der Waals surface area (Å²) < 4.78 is 13.2. The summed E-state index contributed by atoms with van der Waals surface area (Å²) in [6.45, 7) is 0. The summed E-state index contributed by atoms with van der Waals surface area (Å²) in [7, 11) is 0. The Morgan fingerprint density at radius 3 is 3.17 bits per heavy atom. The molecule has 2 aromatic rings. The first-order valence-corrected chi connectivity index (χ1v) is 3.39. The quantitative estimate of drug-likeness (QED) is 0.649. The van der Waals surface area contributed by atoms with Gasteiger partial charge in [-0.05, 0) is 6.07 Å². The molecule has 0 aromatic carbocycles. The number of nitrogens with one attached hydrogen (secondary N) is 1. The predicted octanol–water partition coefficient (Wildman–Crippen LogP) is 1.51. The molecule has 0 aliphatic heterocycles. The molecule has 2 rings (SSSR count). The molecule has 0 fully saturated rings. The SMILES string of the molecule is O=Cc1cnc2[nH]ccc2c1F. The predicted molar refractivity (Wildman–Crippen MR) is 41.4 cm³/mol. The van der Waals surface area contributed by atoms with Crippen molar-refractivity contribution in [2.75, 3.05) is 0 Å². The molecule has 2 heterocycles. The van der Waals surface area contributed by atoms with Crippen LogP contribution in [0, 0.1) is 5.82 Å². The van der Waals surface area contributed by atoms with Gasteiger partial charge in [0.05, 0.1) is 10.9 Å². The van der Waals surface area contributed by atoms with Crippen LogP contribution in [0.1, 0.15) is 10.4 Å². The van der Waals surface area contributed by atoms with Crippen LogP contribution < -0.4 is 0 Å². The first-order chi connectivity index (χ1) is 5.83. The number of aldehydes is 1. The Bertz CT molecular complexity index is 436. The van der Waals surface area contributed by atoms with E-state index in [-0.39, 0.29) is 5.56 Å². The molecular formula is C8H5FN2O. The third-order valence-electron chi connectivity index (χ3n) is 1.67. The van der Waals surface area contributed by atoms with Crippen molar-refractivity contribution in [2.45, 2.75) is 0 Å². The molecule has 3 nitrogen and oxygen atoms in total. The van der Waals surface area contributed by atoms with Crippen LogP contribution in [0.4, 0.5) is 4.39 Å². The highest BCUT2D eigenvalue weighted by atomic mass is 19.1. The van der Waals surface area contributed by atoms with Crippen molar-refractivity contribution >= 4 is 17.3 Å². The molecule has 2 aromatic heterocycles. The third-order valence-corrected chi connectivity index (χ3v) is 1.67. The molecule has 0 aliphatic carbocycles. The zero-order valence-electron chi connectivity index (χ0n) is 6.04. The number of carbonyl (C=O) groups is 1. The fraction of sp³-hybridized carbons (Fsp3) is 0. The van der Waals surface area contributed by atoms with Crippen molar-refractivity contribution in [1.82, 2.24) is 9.97 Å². The summed E-state index contributed by atoms with van der Waals surface area (Å²) in [5, 5.41) is 0.347. The van der Waals surface area contributed by atoms with Gasteiger partial charge in [-0.2, -0.15) is 0 Å². The number of aromatic amines is 1. The summed E-state index contributed by atoms with van der Waals surface area (Å²) in [6, 6.07) is 1.55. The van der Waals surface area contributed by atoms with Gasteiger partial charge in [0, 0.05) is 12.4 Å². The summed E-state index contributed by atoms with van der Waals surface area (Å²) in [5.74, 6) is -0.517. The van der Waals surface area contributed by atoms with E-state index in [0.29, 0.717) is 17.3 Å². The Hall–Kier alpha value is -1.71. The number of hydrogen-bond acceptors (Lipinski definition) is 2. The fourth-order valence-electron chi connectivity index (χ4n) is 1.07. The lowest BCUT2D eigenvalue weighted by atomic mass is 10.2. The average Bonchev–Trinajstić information content (AvgIpc) is 2.53. The molecule has 0 saturated heterocycles. The number of aromatic nitrogens is 2. The van der Waals surface area contributed by atoms with Gasteiger partial charge in [0.2, 0.25) is 0 Å². The van der Waals surface area contributed by atoms with Gasteiger partial charge in [-0.1, -0.05) is 0 Å². The van der Waals surface area contributed by atoms with Crippen LogP contribution in [0.15, 0.2) is 18.5 Å². The topological polar surface area (TPSA) is 45.8 Å². The summed E-state index contributed by atoms with van der Waals surface area (Å²) in [5.41, 5.74) is 0.445. The van der Waals surface area contributed by atoms with E-state index in [1.807, 2.05) is 0 Å². The molecular weight excluding hydrogens is 159 g/mol. The molecule has 0 saturated carbocycles. The standard InChI is InChI=1S/C8H5FN2O/c9-7-5(4-12)3-11-8-6(7)1-2-10-8/h1-4H,(H,10,11). The second-order valence-corrected chi connectivity index (χ2v) is 2.39. The van der Waals surface area contributed by atoms with Crippen LogP contribution in [0.25, 0.3) is 11.0 Å². The van der Waals surface area contributed by atoms with Crippen molar-refractivity contribution in [3.63, 3.8) is 0 Å². The van der Waals surface area contributed by atoms with Gasteiger partial charge in [-0.25, -0.2) is 9.37 Å². The van der Waals surface area contributed by atoms with E-state index in [9.17, 15) is 9.18 Å². The van der Waals surface area contributed by atoms with Crippen LogP contribution >= 0.6 is 0 Å². The van der Waals surface area contributed by atoms with Gasteiger partial charge >= 0.3 is 0 Å². The van der Waals surface area contributed by atoms with Crippen molar-refractivity contribution in [3.8, 4) is 0 Å². The maximum Gasteiger partial charge on any atom is 0.154 e. The number of pyridine rings is 1. The van der Waals surface area contributed by atoms with Crippen LogP contribution in [-0.2, 0) is 0 Å². The van der Waals surface area contributed by atoms with E-state index in [1.165, 1.54) is 6.20 Å². The number of nitrogens with zero attached hydrogens (tertiary/aromatic N) is 1. The highest BCUT2D eigenvalue weighted by molar-refractivity contribution is 5.85. The van der Waals surface area contributed by atoms with E-state index in [2.05, 4.69) is 9.97 Å².